The minimum Gasteiger partial charge on any atom is -0.309 e. The van der Waals surface area contributed by atoms with Crippen LogP contribution < -0.4 is 4.90 Å². The second kappa shape index (κ2) is 12.9. The minimum absolute atomic E-state index is 0.900. The third-order valence-electron chi connectivity index (χ3n) is 11.5. The summed E-state index contributed by atoms with van der Waals surface area (Å²) in [6.07, 6.45) is 9.72. The minimum atomic E-state index is 0.900. The maximum absolute atomic E-state index is 5.28. The first kappa shape index (κ1) is 31.5. The molecule has 11 rings (SSSR count). The van der Waals surface area contributed by atoms with Crippen LogP contribution in [0, 0.1) is 0 Å². The number of para-hydroxylation sites is 5. The molecule has 9 aromatic rings. The summed E-state index contributed by atoms with van der Waals surface area (Å²) >= 11 is 0. The van der Waals surface area contributed by atoms with Crippen LogP contribution in [0.1, 0.15) is 18.4 Å². The zero-order valence-corrected chi connectivity index (χ0v) is 30.4. The Labute approximate surface area is 320 Å². The zero-order valence-electron chi connectivity index (χ0n) is 30.4. The molecule has 2 aliphatic rings. The van der Waals surface area contributed by atoms with Crippen molar-refractivity contribution >= 4 is 71.8 Å². The van der Waals surface area contributed by atoms with Crippen LogP contribution in [-0.4, -0.2) is 10.3 Å². The SMILES string of the molecule is C1=CCCC(C2=Nc3c(ccc4c3ccc3c(N(c5ccccc5)c5ccccc5-c5cccc6c7ccccc7n(-c7ccccc7)c56)cccc34)C2)=C1. The van der Waals surface area contributed by atoms with Crippen molar-refractivity contribution in [3.05, 3.63) is 199 Å². The lowest BCUT2D eigenvalue weighted by atomic mass is 9.94. The number of anilines is 3. The number of allylic oxidation sites excluding steroid dienone is 4. The molecule has 0 bridgehead atoms. The summed E-state index contributed by atoms with van der Waals surface area (Å²) in [6.45, 7) is 0. The Morgan fingerprint density at radius 3 is 2.05 bits per heavy atom. The molecule has 0 amide bonds. The molecule has 2 heterocycles. The number of hydrogen-bond donors (Lipinski definition) is 0. The topological polar surface area (TPSA) is 20.5 Å². The van der Waals surface area contributed by atoms with Crippen LogP contribution in [0.15, 0.2) is 199 Å². The highest BCUT2D eigenvalue weighted by atomic mass is 15.1. The Morgan fingerprint density at radius 2 is 1.18 bits per heavy atom. The van der Waals surface area contributed by atoms with E-state index in [0.717, 1.165) is 47.7 Å². The molecule has 0 saturated carbocycles. The van der Waals surface area contributed by atoms with Crippen molar-refractivity contribution in [2.75, 3.05) is 4.90 Å². The molecule has 1 aliphatic carbocycles. The average molecular weight is 704 g/mol. The van der Waals surface area contributed by atoms with Crippen molar-refractivity contribution in [1.29, 1.82) is 0 Å². The van der Waals surface area contributed by atoms with Gasteiger partial charge in [-0.25, -0.2) is 0 Å². The van der Waals surface area contributed by atoms with Gasteiger partial charge < -0.3 is 9.47 Å². The van der Waals surface area contributed by atoms with Gasteiger partial charge in [0.1, 0.15) is 0 Å². The third-order valence-corrected chi connectivity index (χ3v) is 11.5. The van der Waals surface area contributed by atoms with Gasteiger partial charge in [0.05, 0.1) is 28.1 Å². The highest BCUT2D eigenvalue weighted by molar-refractivity contribution is 6.19. The van der Waals surface area contributed by atoms with E-state index in [4.69, 9.17) is 4.99 Å². The maximum atomic E-state index is 5.28. The summed E-state index contributed by atoms with van der Waals surface area (Å²) in [5, 5.41) is 7.37. The summed E-state index contributed by atoms with van der Waals surface area (Å²) in [5.41, 5.74) is 14.3. The van der Waals surface area contributed by atoms with Crippen molar-refractivity contribution in [2.24, 2.45) is 4.99 Å². The summed E-state index contributed by atoms with van der Waals surface area (Å²) in [4.78, 5) is 7.73. The van der Waals surface area contributed by atoms with E-state index in [0.29, 0.717) is 0 Å². The number of aliphatic imine (C=N–C) groups is 1. The fourth-order valence-corrected chi connectivity index (χ4v) is 9.00. The molecule has 0 unspecified atom stereocenters. The van der Waals surface area contributed by atoms with Gasteiger partial charge in [-0.2, -0.15) is 0 Å². The summed E-state index contributed by atoms with van der Waals surface area (Å²) in [7, 11) is 0. The Hall–Kier alpha value is -6.97. The molecule has 1 aromatic heterocycles. The molecule has 3 heteroatoms. The highest BCUT2D eigenvalue weighted by Crippen LogP contribution is 2.48. The van der Waals surface area contributed by atoms with E-state index in [1.165, 1.54) is 71.3 Å². The Morgan fingerprint density at radius 1 is 0.509 bits per heavy atom. The first-order chi connectivity index (χ1) is 27.3. The van der Waals surface area contributed by atoms with Crippen LogP contribution in [0.3, 0.4) is 0 Å². The fourth-order valence-electron chi connectivity index (χ4n) is 9.00. The number of benzene rings is 8. The first-order valence-electron chi connectivity index (χ1n) is 19.2. The standard InChI is InChI=1S/C52H37N3/c1-4-16-35(17-5-1)47-34-36-30-31-40-39-24-15-29-49(43(39)32-33-44(40)51(36)53-47)54(37-18-6-2-7-19-37)48-27-12-10-22-41(48)45-25-14-26-46-42-23-11-13-28-50(42)55(52(45)46)38-20-8-3-9-21-38/h1-4,6-16,18-33H,5,17,34H2. The summed E-state index contributed by atoms with van der Waals surface area (Å²) in [5.74, 6) is 0. The average Bonchev–Trinajstić information content (AvgIpc) is 3.85. The van der Waals surface area contributed by atoms with Crippen molar-refractivity contribution in [3.63, 3.8) is 0 Å². The molecule has 0 N–H and O–H groups in total. The number of aromatic nitrogens is 1. The summed E-state index contributed by atoms with van der Waals surface area (Å²) in [6, 6.07) is 62.0. The van der Waals surface area contributed by atoms with E-state index in [9.17, 15) is 0 Å². The lowest BCUT2D eigenvalue weighted by Gasteiger charge is -2.29. The van der Waals surface area contributed by atoms with Crippen molar-refractivity contribution in [2.45, 2.75) is 19.3 Å². The number of nitrogens with zero attached hydrogens (tertiary/aromatic N) is 3. The molecule has 0 radical (unpaired) electrons. The van der Waals surface area contributed by atoms with Gasteiger partial charge in [0, 0.05) is 56.2 Å². The van der Waals surface area contributed by atoms with Crippen LogP contribution in [0.5, 0.6) is 0 Å². The van der Waals surface area contributed by atoms with Crippen LogP contribution in [0.25, 0.3) is 60.2 Å². The highest BCUT2D eigenvalue weighted by Gasteiger charge is 2.24. The van der Waals surface area contributed by atoms with E-state index < -0.39 is 0 Å². The quantitative estimate of drug-likeness (QED) is 0.158. The number of rotatable bonds is 6. The summed E-state index contributed by atoms with van der Waals surface area (Å²) < 4.78 is 2.43. The predicted molar refractivity (Wildman–Crippen MR) is 233 cm³/mol. The first-order valence-corrected chi connectivity index (χ1v) is 19.2. The van der Waals surface area contributed by atoms with Crippen LogP contribution >= 0.6 is 0 Å². The molecule has 0 atom stereocenters. The molecule has 0 fully saturated rings. The maximum Gasteiger partial charge on any atom is 0.0747 e. The Bertz CT molecular complexity index is 3060. The smallest absolute Gasteiger partial charge is 0.0747 e. The molecule has 8 aromatic carbocycles. The lowest BCUT2D eigenvalue weighted by molar-refractivity contribution is 0.999. The van der Waals surface area contributed by atoms with E-state index in [-0.39, 0.29) is 0 Å². The van der Waals surface area contributed by atoms with Gasteiger partial charge in [-0.05, 0) is 77.2 Å². The van der Waals surface area contributed by atoms with Gasteiger partial charge in [0.15, 0.2) is 0 Å². The van der Waals surface area contributed by atoms with Crippen LogP contribution in [0.4, 0.5) is 22.7 Å². The number of fused-ring (bicyclic) bond motifs is 8. The zero-order chi connectivity index (χ0) is 36.3. The van der Waals surface area contributed by atoms with Crippen molar-refractivity contribution in [1.82, 2.24) is 4.57 Å². The fraction of sp³-hybridized carbons (Fsp3) is 0.0577. The predicted octanol–water partition coefficient (Wildman–Crippen LogP) is 14.1. The van der Waals surface area contributed by atoms with Crippen molar-refractivity contribution in [3.8, 4) is 16.8 Å². The molecule has 260 valence electrons. The van der Waals surface area contributed by atoms with Gasteiger partial charge in [0.2, 0.25) is 0 Å². The Balaban J connectivity index is 1.14. The van der Waals surface area contributed by atoms with Gasteiger partial charge in [-0.15, -0.1) is 0 Å². The molecule has 3 nitrogen and oxygen atoms in total. The third kappa shape index (κ3) is 5.08. The van der Waals surface area contributed by atoms with Crippen LogP contribution in [0.2, 0.25) is 0 Å². The van der Waals surface area contributed by atoms with E-state index in [1.54, 1.807) is 0 Å². The van der Waals surface area contributed by atoms with E-state index in [2.05, 4.69) is 198 Å². The van der Waals surface area contributed by atoms with Gasteiger partial charge in [-0.1, -0.05) is 146 Å². The lowest BCUT2D eigenvalue weighted by Crippen LogP contribution is -2.12. The largest absolute Gasteiger partial charge is 0.309 e. The van der Waals surface area contributed by atoms with Crippen molar-refractivity contribution < 1.29 is 0 Å². The normalized spacial score (nSPS) is 13.7. The second-order valence-electron chi connectivity index (χ2n) is 14.6. The Kier molecular flexibility index (Phi) is 7.38. The van der Waals surface area contributed by atoms with Crippen LogP contribution in [-0.2, 0) is 6.42 Å². The molecular formula is C52H37N3. The molecular weight excluding hydrogens is 667 g/mol. The molecule has 1 aliphatic heterocycles. The van der Waals surface area contributed by atoms with E-state index in [1.807, 2.05) is 0 Å². The molecule has 55 heavy (non-hydrogen) atoms. The van der Waals surface area contributed by atoms with Gasteiger partial charge >= 0.3 is 0 Å². The molecule has 0 saturated heterocycles. The molecule has 0 spiro atoms. The van der Waals surface area contributed by atoms with Gasteiger partial charge in [0.25, 0.3) is 0 Å². The van der Waals surface area contributed by atoms with E-state index >= 15 is 0 Å². The van der Waals surface area contributed by atoms with Gasteiger partial charge in [-0.3, -0.25) is 4.99 Å². The monoisotopic (exact) mass is 703 g/mol. The number of hydrogen-bond acceptors (Lipinski definition) is 2. The second-order valence-corrected chi connectivity index (χ2v) is 14.6.